The Morgan fingerprint density at radius 2 is 2.31 bits per heavy atom. The molecule has 0 saturated heterocycles. The van der Waals surface area contributed by atoms with Crippen LogP contribution in [0.2, 0.25) is 0 Å². The lowest BCUT2D eigenvalue weighted by molar-refractivity contribution is -0.138. The number of benzene rings is 1. The van der Waals surface area contributed by atoms with E-state index in [1.807, 2.05) is 0 Å². The molecule has 1 aromatic heterocycles. The predicted molar refractivity (Wildman–Crippen MR) is 57.7 cm³/mol. The number of aromatic amines is 1. The summed E-state index contributed by atoms with van der Waals surface area (Å²) in [4.78, 5) is 13.8. The average molecular weight is 222 g/mol. The molecule has 2 rings (SSSR count). The van der Waals surface area contributed by atoms with Gasteiger partial charge in [0.2, 0.25) is 0 Å². The quantitative estimate of drug-likeness (QED) is 0.735. The van der Waals surface area contributed by atoms with E-state index in [1.54, 1.807) is 12.3 Å². The number of carboxylic acid groups (broad SMARTS) is 1. The number of hydrogen-bond donors (Lipinski definition) is 3. The number of aliphatic carboxylic acids is 1. The number of rotatable bonds is 3. The molecule has 84 valence electrons. The summed E-state index contributed by atoms with van der Waals surface area (Å²) in [7, 11) is 0. The van der Waals surface area contributed by atoms with E-state index in [-0.39, 0.29) is 12.4 Å². The highest BCUT2D eigenvalue weighted by molar-refractivity contribution is 5.89. The van der Waals surface area contributed by atoms with Gasteiger partial charge >= 0.3 is 5.97 Å². The molecule has 0 radical (unpaired) electrons. The number of aromatic nitrogens is 1. The van der Waals surface area contributed by atoms with Crippen LogP contribution in [0.25, 0.3) is 10.9 Å². The van der Waals surface area contributed by atoms with E-state index < -0.39 is 11.9 Å². The standard InChI is InChI=1S/C11H11FN2O2/c12-6-1-2-7-9(5-14-10(7)3-6)8(4-13)11(15)16/h1-3,5,8,14H,4,13H2,(H,15,16). The molecule has 0 aliphatic heterocycles. The predicted octanol–water partition coefficient (Wildman–Crippen LogP) is 1.43. The van der Waals surface area contributed by atoms with Crippen molar-refractivity contribution in [2.75, 3.05) is 6.54 Å². The monoisotopic (exact) mass is 222 g/mol. The summed E-state index contributed by atoms with van der Waals surface area (Å²) >= 11 is 0. The molecule has 5 heteroatoms. The Bertz CT molecular complexity index is 536. The maximum Gasteiger partial charge on any atom is 0.312 e. The Hall–Kier alpha value is -1.88. The summed E-state index contributed by atoms with van der Waals surface area (Å²) in [6.07, 6.45) is 1.57. The second-order valence-corrected chi connectivity index (χ2v) is 3.56. The van der Waals surface area contributed by atoms with Gasteiger partial charge in [-0.3, -0.25) is 4.79 Å². The van der Waals surface area contributed by atoms with E-state index in [9.17, 15) is 9.18 Å². The van der Waals surface area contributed by atoms with E-state index in [0.29, 0.717) is 16.5 Å². The van der Waals surface area contributed by atoms with Crippen molar-refractivity contribution < 1.29 is 14.3 Å². The van der Waals surface area contributed by atoms with Crippen molar-refractivity contribution in [1.82, 2.24) is 4.98 Å². The van der Waals surface area contributed by atoms with E-state index in [2.05, 4.69) is 4.98 Å². The van der Waals surface area contributed by atoms with Crippen LogP contribution >= 0.6 is 0 Å². The summed E-state index contributed by atoms with van der Waals surface area (Å²) in [5, 5.41) is 9.68. The zero-order valence-corrected chi connectivity index (χ0v) is 8.40. The molecule has 1 aromatic carbocycles. The average Bonchev–Trinajstić information content (AvgIpc) is 2.62. The minimum absolute atomic E-state index is 0.0136. The Morgan fingerprint density at radius 3 is 2.94 bits per heavy atom. The maximum absolute atomic E-state index is 12.9. The summed E-state index contributed by atoms with van der Waals surface area (Å²) in [6, 6.07) is 4.19. The van der Waals surface area contributed by atoms with Crippen molar-refractivity contribution in [3.8, 4) is 0 Å². The van der Waals surface area contributed by atoms with Crippen molar-refractivity contribution in [3.63, 3.8) is 0 Å². The second-order valence-electron chi connectivity index (χ2n) is 3.56. The van der Waals surface area contributed by atoms with Gasteiger partial charge in [-0.05, 0) is 23.8 Å². The zero-order chi connectivity index (χ0) is 11.7. The Kier molecular flexibility index (Phi) is 2.62. The number of nitrogens with two attached hydrogens (primary N) is 1. The smallest absolute Gasteiger partial charge is 0.312 e. The summed E-state index contributed by atoms with van der Waals surface area (Å²) in [6.45, 7) is 0.0136. The fourth-order valence-corrected chi connectivity index (χ4v) is 1.77. The van der Waals surface area contributed by atoms with Crippen LogP contribution in [-0.4, -0.2) is 22.6 Å². The first-order chi connectivity index (χ1) is 7.63. The second kappa shape index (κ2) is 3.94. The zero-order valence-electron chi connectivity index (χ0n) is 8.40. The molecule has 16 heavy (non-hydrogen) atoms. The van der Waals surface area contributed by atoms with E-state index in [4.69, 9.17) is 10.8 Å². The lowest BCUT2D eigenvalue weighted by atomic mass is 9.99. The largest absolute Gasteiger partial charge is 0.481 e. The SMILES string of the molecule is NCC(C(=O)O)c1c[nH]c2cc(F)ccc12. The molecule has 0 fully saturated rings. The number of fused-ring (bicyclic) bond motifs is 1. The first-order valence-electron chi connectivity index (χ1n) is 4.83. The van der Waals surface area contributed by atoms with Gasteiger partial charge in [0.05, 0.1) is 5.92 Å². The van der Waals surface area contributed by atoms with Crippen LogP contribution in [-0.2, 0) is 4.79 Å². The van der Waals surface area contributed by atoms with Gasteiger partial charge in [-0.1, -0.05) is 0 Å². The van der Waals surface area contributed by atoms with Crippen molar-refractivity contribution in [2.45, 2.75) is 5.92 Å². The van der Waals surface area contributed by atoms with Crippen LogP contribution in [0.1, 0.15) is 11.5 Å². The fourth-order valence-electron chi connectivity index (χ4n) is 1.77. The summed E-state index contributed by atoms with van der Waals surface area (Å²) < 4.78 is 12.9. The van der Waals surface area contributed by atoms with Gasteiger partial charge < -0.3 is 15.8 Å². The number of halogens is 1. The molecule has 0 bridgehead atoms. The Balaban J connectivity index is 2.57. The molecule has 1 heterocycles. The molecule has 0 spiro atoms. The molecule has 0 aliphatic carbocycles. The number of carbonyl (C=O) groups is 1. The normalized spacial score (nSPS) is 12.9. The van der Waals surface area contributed by atoms with E-state index in [1.165, 1.54) is 12.1 Å². The third-order valence-electron chi connectivity index (χ3n) is 2.59. The van der Waals surface area contributed by atoms with Gasteiger partial charge in [-0.2, -0.15) is 0 Å². The third-order valence-corrected chi connectivity index (χ3v) is 2.59. The minimum atomic E-state index is -0.979. The molecule has 0 saturated carbocycles. The first-order valence-corrected chi connectivity index (χ1v) is 4.83. The van der Waals surface area contributed by atoms with Gasteiger partial charge in [0.15, 0.2) is 0 Å². The molecule has 4 N–H and O–H groups in total. The lowest BCUT2D eigenvalue weighted by Crippen LogP contribution is -2.20. The van der Waals surface area contributed by atoms with Crippen LogP contribution in [0.4, 0.5) is 4.39 Å². The van der Waals surface area contributed by atoms with Crippen LogP contribution in [0, 0.1) is 5.82 Å². The molecule has 1 unspecified atom stereocenters. The minimum Gasteiger partial charge on any atom is -0.481 e. The van der Waals surface area contributed by atoms with Crippen LogP contribution in [0.15, 0.2) is 24.4 Å². The highest BCUT2D eigenvalue weighted by Crippen LogP contribution is 2.25. The van der Waals surface area contributed by atoms with Crippen LogP contribution < -0.4 is 5.73 Å². The molecule has 0 amide bonds. The number of H-pyrrole nitrogens is 1. The summed E-state index contributed by atoms with van der Waals surface area (Å²) in [5.41, 5.74) is 6.58. The highest BCUT2D eigenvalue weighted by atomic mass is 19.1. The topological polar surface area (TPSA) is 79.1 Å². The van der Waals surface area contributed by atoms with Gasteiger partial charge in [0, 0.05) is 23.6 Å². The number of nitrogens with one attached hydrogen (secondary N) is 1. The molecule has 2 aromatic rings. The molecular weight excluding hydrogens is 211 g/mol. The van der Waals surface area contributed by atoms with E-state index >= 15 is 0 Å². The molecule has 4 nitrogen and oxygen atoms in total. The van der Waals surface area contributed by atoms with Crippen molar-refractivity contribution in [1.29, 1.82) is 0 Å². The molecule has 1 atom stereocenters. The van der Waals surface area contributed by atoms with Crippen molar-refractivity contribution in [2.24, 2.45) is 5.73 Å². The van der Waals surface area contributed by atoms with Gasteiger partial charge in [-0.15, -0.1) is 0 Å². The van der Waals surface area contributed by atoms with Gasteiger partial charge in [0.25, 0.3) is 0 Å². The van der Waals surface area contributed by atoms with Crippen LogP contribution in [0.3, 0.4) is 0 Å². The van der Waals surface area contributed by atoms with Crippen molar-refractivity contribution in [3.05, 3.63) is 35.8 Å². The fraction of sp³-hybridized carbons (Fsp3) is 0.182. The van der Waals surface area contributed by atoms with Crippen molar-refractivity contribution >= 4 is 16.9 Å². The maximum atomic E-state index is 12.9. The van der Waals surface area contributed by atoms with Gasteiger partial charge in [0.1, 0.15) is 5.82 Å². The first kappa shape index (κ1) is 10.6. The highest BCUT2D eigenvalue weighted by Gasteiger charge is 2.21. The number of carboxylic acids is 1. The molecule has 0 aliphatic rings. The third kappa shape index (κ3) is 1.65. The molecular formula is C11H11FN2O2. The van der Waals surface area contributed by atoms with E-state index in [0.717, 1.165) is 0 Å². The lowest BCUT2D eigenvalue weighted by Gasteiger charge is -2.07. The van der Waals surface area contributed by atoms with Gasteiger partial charge in [-0.25, -0.2) is 4.39 Å². The summed E-state index contributed by atoms with van der Waals surface area (Å²) in [5.74, 6) is -2.10. The Labute approximate surface area is 90.9 Å². The number of hydrogen-bond acceptors (Lipinski definition) is 2. The van der Waals surface area contributed by atoms with Crippen LogP contribution in [0.5, 0.6) is 0 Å². The Morgan fingerprint density at radius 1 is 1.56 bits per heavy atom.